The summed E-state index contributed by atoms with van der Waals surface area (Å²) in [5, 5.41) is 2.14. The van der Waals surface area contributed by atoms with Crippen molar-refractivity contribution in [2.24, 2.45) is 5.84 Å². The van der Waals surface area contributed by atoms with Gasteiger partial charge in [-0.1, -0.05) is 25.5 Å². The first-order valence-electron chi connectivity index (χ1n) is 6.98. The summed E-state index contributed by atoms with van der Waals surface area (Å²) in [6.45, 7) is 5.04. The summed E-state index contributed by atoms with van der Waals surface area (Å²) >= 11 is 1.74. The third kappa shape index (κ3) is 3.82. The minimum absolute atomic E-state index is 0.0321. The highest BCUT2D eigenvalue weighted by molar-refractivity contribution is 7.10. The average molecular weight is 290 g/mol. The summed E-state index contributed by atoms with van der Waals surface area (Å²) in [6.07, 6.45) is 2.23. The number of rotatable bonds is 7. The number of benzene rings is 1. The Hall–Kier alpha value is -1.36. The molecule has 2 rings (SSSR count). The third-order valence-corrected chi connectivity index (χ3v) is 4.11. The zero-order chi connectivity index (χ0) is 14.4. The van der Waals surface area contributed by atoms with Crippen LogP contribution in [0.15, 0.2) is 35.7 Å². The van der Waals surface area contributed by atoms with Gasteiger partial charge in [-0.05, 0) is 48.1 Å². The smallest absolute Gasteiger partial charge is 0.119 e. The molecule has 0 radical (unpaired) electrons. The van der Waals surface area contributed by atoms with E-state index in [2.05, 4.69) is 42.9 Å². The fourth-order valence-corrected chi connectivity index (χ4v) is 2.82. The standard InChI is InChI=1S/C16H22N2OS/c1-3-4-9-19-15-7-5-13(6-8-15)16(18-17)14-10-12(2)20-11-14/h5-8,10-11,16,18H,3-4,9,17H2,1-2H3. The van der Waals surface area contributed by atoms with Crippen LogP contribution in [0.2, 0.25) is 0 Å². The lowest BCUT2D eigenvalue weighted by Crippen LogP contribution is -2.28. The molecule has 0 amide bonds. The molecule has 0 aliphatic heterocycles. The van der Waals surface area contributed by atoms with Gasteiger partial charge in [0.1, 0.15) is 5.75 Å². The Morgan fingerprint density at radius 1 is 1.25 bits per heavy atom. The van der Waals surface area contributed by atoms with E-state index in [1.165, 1.54) is 10.4 Å². The second-order valence-electron chi connectivity index (χ2n) is 4.86. The van der Waals surface area contributed by atoms with E-state index in [1.54, 1.807) is 11.3 Å². The van der Waals surface area contributed by atoms with Crippen molar-refractivity contribution in [3.63, 3.8) is 0 Å². The highest BCUT2D eigenvalue weighted by Gasteiger charge is 2.13. The Balaban J connectivity index is 2.07. The highest BCUT2D eigenvalue weighted by Crippen LogP contribution is 2.27. The van der Waals surface area contributed by atoms with Gasteiger partial charge in [-0.2, -0.15) is 0 Å². The molecule has 0 aliphatic rings. The van der Waals surface area contributed by atoms with Gasteiger partial charge in [0.2, 0.25) is 0 Å². The normalized spacial score (nSPS) is 12.3. The van der Waals surface area contributed by atoms with Crippen LogP contribution in [0.5, 0.6) is 5.75 Å². The number of hydrogen-bond acceptors (Lipinski definition) is 4. The molecule has 0 saturated carbocycles. The maximum absolute atomic E-state index is 5.71. The van der Waals surface area contributed by atoms with Crippen molar-refractivity contribution in [2.75, 3.05) is 6.61 Å². The number of nitrogens with one attached hydrogen (secondary N) is 1. The van der Waals surface area contributed by atoms with Crippen LogP contribution in [-0.4, -0.2) is 6.61 Å². The van der Waals surface area contributed by atoms with Gasteiger partial charge >= 0.3 is 0 Å². The van der Waals surface area contributed by atoms with Crippen molar-refractivity contribution in [3.05, 3.63) is 51.7 Å². The lowest BCUT2D eigenvalue weighted by molar-refractivity contribution is 0.309. The maximum atomic E-state index is 5.71. The largest absolute Gasteiger partial charge is 0.494 e. The molecule has 2 aromatic rings. The quantitative estimate of drug-likeness (QED) is 0.463. The first-order chi connectivity index (χ1) is 9.74. The highest BCUT2D eigenvalue weighted by atomic mass is 32.1. The predicted molar refractivity (Wildman–Crippen MR) is 85.1 cm³/mol. The molecule has 1 unspecified atom stereocenters. The van der Waals surface area contributed by atoms with Crippen molar-refractivity contribution in [3.8, 4) is 5.75 Å². The Morgan fingerprint density at radius 2 is 2.00 bits per heavy atom. The monoisotopic (exact) mass is 290 g/mol. The lowest BCUT2D eigenvalue weighted by Gasteiger charge is -2.15. The summed E-state index contributed by atoms with van der Waals surface area (Å²) in [7, 11) is 0. The molecule has 1 aromatic carbocycles. The second kappa shape index (κ2) is 7.43. The van der Waals surface area contributed by atoms with Gasteiger partial charge in [0, 0.05) is 4.88 Å². The summed E-state index contributed by atoms with van der Waals surface area (Å²) in [6, 6.07) is 10.4. The first-order valence-corrected chi connectivity index (χ1v) is 7.86. The molecule has 0 bridgehead atoms. The molecular formula is C16H22N2OS. The Labute approximate surface area is 124 Å². The molecule has 1 atom stereocenters. The number of unbranched alkanes of at least 4 members (excludes halogenated alkanes) is 1. The van der Waals surface area contributed by atoms with Crippen LogP contribution in [0.4, 0.5) is 0 Å². The van der Waals surface area contributed by atoms with E-state index in [4.69, 9.17) is 10.6 Å². The molecule has 3 nitrogen and oxygen atoms in total. The number of nitrogens with two attached hydrogens (primary N) is 1. The molecule has 0 aliphatic carbocycles. The van der Waals surface area contributed by atoms with Crippen LogP contribution in [0, 0.1) is 6.92 Å². The van der Waals surface area contributed by atoms with Gasteiger partial charge in [0.15, 0.2) is 0 Å². The molecule has 20 heavy (non-hydrogen) atoms. The van der Waals surface area contributed by atoms with Crippen LogP contribution < -0.4 is 16.0 Å². The number of hydrogen-bond donors (Lipinski definition) is 2. The number of ether oxygens (including phenoxy) is 1. The minimum atomic E-state index is 0.0321. The van der Waals surface area contributed by atoms with Gasteiger partial charge in [0.05, 0.1) is 12.6 Å². The molecule has 0 spiro atoms. The summed E-state index contributed by atoms with van der Waals surface area (Å²) in [5.74, 6) is 6.62. The lowest BCUT2D eigenvalue weighted by atomic mass is 10.0. The Morgan fingerprint density at radius 3 is 2.55 bits per heavy atom. The summed E-state index contributed by atoms with van der Waals surface area (Å²) < 4.78 is 5.68. The maximum Gasteiger partial charge on any atom is 0.119 e. The van der Waals surface area contributed by atoms with E-state index < -0.39 is 0 Å². The Kier molecular flexibility index (Phi) is 5.59. The number of thiophene rings is 1. The molecule has 1 aromatic heterocycles. The van der Waals surface area contributed by atoms with E-state index in [9.17, 15) is 0 Å². The van der Waals surface area contributed by atoms with Crippen molar-refractivity contribution in [1.29, 1.82) is 0 Å². The molecule has 1 heterocycles. The van der Waals surface area contributed by atoms with Crippen molar-refractivity contribution < 1.29 is 4.74 Å². The van der Waals surface area contributed by atoms with E-state index in [-0.39, 0.29) is 6.04 Å². The van der Waals surface area contributed by atoms with Gasteiger partial charge in [-0.15, -0.1) is 11.3 Å². The third-order valence-electron chi connectivity index (χ3n) is 3.23. The molecule has 4 heteroatoms. The van der Waals surface area contributed by atoms with Gasteiger partial charge in [-0.25, -0.2) is 5.43 Å². The summed E-state index contributed by atoms with van der Waals surface area (Å²) in [5.41, 5.74) is 5.24. The van der Waals surface area contributed by atoms with Crippen molar-refractivity contribution in [2.45, 2.75) is 32.7 Å². The van der Waals surface area contributed by atoms with Gasteiger partial charge in [-0.3, -0.25) is 5.84 Å². The first kappa shape index (κ1) is 15.0. The fourth-order valence-electron chi connectivity index (χ4n) is 2.09. The molecular weight excluding hydrogens is 268 g/mol. The molecule has 3 N–H and O–H groups in total. The van der Waals surface area contributed by atoms with Crippen LogP contribution in [0.25, 0.3) is 0 Å². The summed E-state index contributed by atoms with van der Waals surface area (Å²) in [4.78, 5) is 1.29. The van der Waals surface area contributed by atoms with Crippen LogP contribution in [0.1, 0.15) is 41.8 Å². The predicted octanol–water partition coefficient (Wildman–Crippen LogP) is 3.79. The number of hydrazine groups is 1. The second-order valence-corrected chi connectivity index (χ2v) is 5.98. The van der Waals surface area contributed by atoms with Crippen molar-refractivity contribution >= 4 is 11.3 Å². The van der Waals surface area contributed by atoms with Crippen LogP contribution >= 0.6 is 11.3 Å². The molecule has 108 valence electrons. The van der Waals surface area contributed by atoms with Gasteiger partial charge in [0.25, 0.3) is 0 Å². The van der Waals surface area contributed by atoms with Crippen LogP contribution in [-0.2, 0) is 0 Å². The van der Waals surface area contributed by atoms with E-state index in [1.807, 2.05) is 12.1 Å². The van der Waals surface area contributed by atoms with E-state index in [0.29, 0.717) is 0 Å². The average Bonchev–Trinajstić information content (AvgIpc) is 2.88. The molecule has 0 fully saturated rings. The fraction of sp³-hybridized carbons (Fsp3) is 0.375. The van der Waals surface area contributed by atoms with Crippen LogP contribution in [0.3, 0.4) is 0 Å². The topological polar surface area (TPSA) is 47.3 Å². The van der Waals surface area contributed by atoms with Crippen molar-refractivity contribution in [1.82, 2.24) is 5.43 Å². The van der Waals surface area contributed by atoms with Gasteiger partial charge < -0.3 is 4.74 Å². The molecule has 0 saturated heterocycles. The Bertz CT molecular complexity index is 522. The minimum Gasteiger partial charge on any atom is -0.494 e. The zero-order valence-electron chi connectivity index (χ0n) is 12.1. The van der Waals surface area contributed by atoms with E-state index >= 15 is 0 Å². The van der Waals surface area contributed by atoms with E-state index in [0.717, 1.165) is 30.8 Å². The number of aryl methyl sites for hydroxylation is 1. The zero-order valence-corrected chi connectivity index (χ0v) is 12.9. The SMILES string of the molecule is CCCCOc1ccc(C(NN)c2csc(C)c2)cc1.